The lowest BCUT2D eigenvalue weighted by atomic mass is 10.2. The summed E-state index contributed by atoms with van der Waals surface area (Å²) in [4.78, 5) is 11.8. The van der Waals surface area contributed by atoms with Crippen LogP contribution in [-0.4, -0.2) is 12.5 Å². The van der Waals surface area contributed by atoms with Crippen LogP contribution >= 0.6 is 0 Å². The van der Waals surface area contributed by atoms with Gasteiger partial charge in [-0.3, -0.25) is 4.79 Å². The molecule has 0 saturated carbocycles. The fourth-order valence-electron chi connectivity index (χ4n) is 2.06. The molecule has 2 aromatic rings. The molecule has 0 bridgehead atoms. The van der Waals surface area contributed by atoms with Crippen LogP contribution in [0, 0.1) is 19.7 Å². The van der Waals surface area contributed by atoms with Gasteiger partial charge in [0.25, 0.3) is 0 Å². The molecule has 3 nitrogen and oxygen atoms in total. The molecule has 0 aliphatic rings. The van der Waals surface area contributed by atoms with Crippen molar-refractivity contribution in [3.8, 4) is 5.75 Å². The van der Waals surface area contributed by atoms with E-state index in [0.29, 0.717) is 19.4 Å². The second kappa shape index (κ2) is 7.59. The number of hydrogen-bond acceptors (Lipinski definition) is 2. The Morgan fingerprint density at radius 3 is 2.64 bits per heavy atom. The predicted octanol–water partition coefficient (Wildman–Crippen LogP) is 4.24. The van der Waals surface area contributed by atoms with Crippen molar-refractivity contribution in [3.63, 3.8) is 0 Å². The summed E-state index contributed by atoms with van der Waals surface area (Å²) in [7, 11) is 0. The third-order valence-corrected chi connectivity index (χ3v) is 3.21. The third kappa shape index (κ3) is 4.88. The molecule has 0 unspecified atom stereocenters. The van der Waals surface area contributed by atoms with Gasteiger partial charge in [0.05, 0.1) is 12.3 Å². The standard InChI is InChI=1S/C18H20FNO2/c1-13-5-3-6-15(11-13)22-10-4-7-18(21)20-17-9-8-14(2)12-16(17)19/h3,5-6,8-9,11-12H,4,7,10H2,1-2H3,(H,20,21). The van der Waals surface area contributed by atoms with Gasteiger partial charge in [-0.25, -0.2) is 4.39 Å². The number of ether oxygens (including phenoxy) is 1. The van der Waals surface area contributed by atoms with E-state index in [1.807, 2.05) is 31.2 Å². The normalized spacial score (nSPS) is 10.3. The number of aryl methyl sites for hydroxylation is 2. The highest BCUT2D eigenvalue weighted by atomic mass is 19.1. The van der Waals surface area contributed by atoms with E-state index in [2.05, 4.69) is 5.32 Å². The largest absolute Gasteiger partial charge is 0.494 e. The van der Waals surface area contributed by atoms with Crippen molar-refractivity contribution in [3.05, 3.63) is 59.4 Å². The summed E-state index contributed by atoms with van der Waals surface area (Å²) in [6.45, 7) is 4.25. The van der Waals surface area contributed by atoms with Crippen LogP contribution in [0.25, 0.3) is 0 Å². The number of hydrogen-bond donors (Lipinski definition) is 1. The molecule has 0 aliphatic carbocycles. The molecule has 4 heteroatoms. The molecular weight excluding hydrogens is 281 g/mol. The van der Waals surface area contributed by atoms with Crippen LogP contribution in [0.3, 0.4) is 0 Å². The summed E-state index contributed by atoms with van der Waals surface area (Å²) in [6.07, 6.45) is 0.867. The van der Waals surface area contributed by atoms with E-state index in [9.17, 15) is 9.18 Å². The van der Waals surface area contributed by atoms with Crippen LogP contribution in [0.2, 0.25) is 0 Å². The van der Waals surface area contributed by atoms with E-state index in [1.54, 1.807) is 19.1 Å². The number of halogens is 1. The molecule has 0 aromatic heterocycles. The van der Waals surface area contributed by atoms with Crippen molar-refractivity contribution < 1.29 is 13.9 Å². The third-order valence-electron chi connectivity index (χ3n) is 3.21. The lowest BCUT2D eigenvalue weighted by molar-refractivity contribution is -0.116. The molecule has 2 rings (SSSR count). The highest BCUT2D eigenvalue weighted by Crippen LogP contribution is 2.16. The molecule has 116 valence electrons. The van der Waals surface area contributed by atoms with Gasteiger partial charge >= 0.3 is 0 Å². The molecular formula is C18H20FNO2. The van der Waals surface area contributed by atoms with Gasteiger partial charge in [-0.15, -0.1) is 0 Å². The molecule has 1 amide bonds. The Labute approximate surface area is 130 Å². The lowest BCUT2D eigenvalue weighted by Gasteiger charge is -2.08. The maximum absolute atomic E-state index is 13.6. The Kier molecular flexibility index (Phi) is 5.53. The van der Waals surface area contributed by atoms with E-state index >= 15 is 0 Å². The van der Waals surface area contributed by atoms with Crippen LogP contribution < -0.4 is 10.1 Å². The average Bonchev–Trinajstić information content (AvgIpc) is 2.47. The number of carbonyl (C=O) groups excluding carboxylic acids is 1. The number of benzene rings is 2. The van der Waals surface area contributed by atoms with Crippen molar-refractivity contribution in [2.24, 2.45) is 0 Å². The first kappa shape index (κ1) is 16.0. The van der Waals surface area contributed by atoms with Gasteiger partial charge in [-0.1, -0.05) is 18.2 Å². The zero-order valence-corrected chi connectivity index (χ0v) is 12.9. The summed E-state index contributed by atoms with van der Waals surface area (Å²) in [5.41, 5.74) is 2.17. The molecule has 1 N–H and O–H groups in total. The van der Waals surface area contributed by atoms with Crippen molar-refractivity contribution in [2.45, 2.75) is 26.7 Å². The Morgan fingerprint density at radius 2 is 1.91 bits per heavy atom. The van der Waals surface area contributed by atoms with E-state index in [1.165, 1.54) is 6.07 Å². The number of rotatable bonds is 6. The quantitative estimate of drug-likeness (QED) is 0.810. The van der Waals surface area contributed by atoms with E-state index in [-0.39, 0.29) is 11.6 Å². The maximum Gasteiger partial charge on any atom is 0.224 e. The van der Waals surface area contributed by atoms with E-state index in [0.717, 1.165) is 16.9 Å². The Morgan fingerprint density at radius 1 is 1.14 bits per heavy atom. The molecule has 0 saturated heterocycles. The van der Waals surface area contributed by atoms with Crippen LogP contribution in [0.5, 0.6) is 5.75 Å². The minimum absolute atomic E-state index is 0.212. The smallest absolute Gasteiger partial charge is 0.224 e. The van der Waals surface area contributed by atoms with Crippen LogP contribution in [-0.2, 0) is 4.79 Å². The van der Waals surface area contributed by atoms with Gasteiger partial charge in [-0.05, 0) is 55.7 Å². The van der Waals surface area contributed by atoms with Crippen LogP contribution in [0.4, 0.5) is 10.1 Å². The summed E-state index contributed by atoms with van der Waals surface area (Å²) in [5, 5.41) is 2.58. The minimum atomic E-state index is -0.413. The second-order valence-corrected chi connectivity index (χ2v) is 5.30. The Hall–Kier alpha value is -2.36. The molecule has 0 heterocycles. The van der Waals surface area contributed by atoms with Gasteiger partial charge in [0.15, 0.2) is 0 Å². The molecule has 0 spiro atoms. The number of amides is 1. The fourth-order valence-corrected chi connectivity index (χ4v) is 2.06. The molecule has 0 atom stereocenters. The number of anilines is 1. The number of carbonyl (C=O) groups is 1. The summed E-state index contributed by atoms with van der Waals surface area (Å²) in [6, 6.07) is 12.5. The SMILES string of the molecule is Cc1cccc(OCCCC(=O)Nc2ccc(C)cc2F)c1. The summed E-state index contributed by atoms with van der Waals surface area (Å²) >= 11 is 0. The molecule has 2 aromatic carbocycles. The van der Waals surface area contributed by atoms with Gasteiger partial charge in [-0.2, -0.15) is 0 Å². The average molecular weight is 301 g/mol. The first-order chi connectivity index (χ1) is 10.5. The zero-order chi connectivity index (χ0) is 15.9. The van der Waals surface area contributed by atoms with Gasteiger partial charge < -0.3 is 10.1 Å². The fraction of sp³-hybridized carbons (Fsp3) is 0.278. The van der Waals surface area contributed by atoms with Crippen molar-refractivity contribution in [1.29, 1.82) is 0 Å². The van der Waals surface area contributed by atoms with Gasteiger partial charge in [0.2, 0.25) is 5.91 Å². The molecule has 0 radical (unpaired) electrons. The lowest BCUT2D eigenvalue weighted by Crippen LogP contribution is -2.13. The van der Waals surface area contributed by atoms with Crippen molar-refractivity contribution >= 4 is 11.6 Å². The highest BCUT2D eigenvalue weighted by molar-refractivity contribution is 5.90. The van der Waals surface area contributed by atoms with Gasteiger partial charge in [0.1, 0.15) is 11.6 Å². The van der Waals surface area contributed by atoms with E-state index in [4.69, 9.17) is 4.74 Å². The van der Waals surface area contributed by atoms with Crippen LogP contribution in [0.15, 0.2) is 42.5 Å². The highest BCUT2D eigenvalue weighted by Gasteiger charge is 2.07. The van der Waals surface area contributed by atoms with Crippen molar-refractivity contribution in [2.75, 3.05) is 11.9 Å². The second-order valence-electron chi connectivity index (χ2n) is 5.30. The Bertz CT molecular complexity index is 655. The first-order valence-corrected chi connectivity index (χ1v) is 7.30. The minimum Gasteiger partial charge on any atom is -0.494 e. The van der Waals surface area contributed by atoms with Crippen LogP contribution in [0.1, 0.15) is 24.0 Å². The number of nitrogens with one attached hydrogen (secondary N) is 1. The Balaban J connectivity index is 1.74. The van der Waals surface area contributed by atoms with Gasteiger partial charge in [0, 0.05) is 6.42 Å². The summed E-state index contributed by atoms with van der Waals surface area (Å²) in [5.74, 6) is 0.171. The first-order valence-electron chi connectivity index (χ1n) is 7.30. The van der Waals surface area contributed by atoms with E-state index < -0.39 is 5.82 Å². The molecule has 0 aliphatic heterocycles. The zero-order valence-electron chi connectivity index (χ0n) is 12.9. The topological polar surface area (TPSA) is 38.3 Å². The maximum atomic E-state index is 13.6. The molecule has 0 fully saturated rings. The summed E-state index contributed by atoms with van der Waals surface area (Å²) < 4.78 is 19.2. The predicted molar refractivity (Wildman–Crippen MR) is 85.7 cm³/mol. The molecule has 22 heavy (non-hydrogen) atoms. The van der Waals surface area contributed by atoms with Crippen molar-refractivity contribution in [1.82, 2.24) is 0 Å². The monoisotopic (exact) mass is 301 g/mol.